The molecule has 0 unspecified atom stereocenters. The Balaban J connectivity index is 1.68. The molecule has 0 bridgehead atoms. The van der Waals surface area contributed by atoms with Crippen molar-refractivity contribution in [2.45, 2.75) is 37.4 Å². The number of benzene rings is 1. The standard InChI is InChI=1S/C16H21N3OS2/c1-11(2)14-6-4-13(5-7-14)8-9-17-15(20)10-21-16-19-18-12(3)22-16/h4-7,11H,8-10H2,1-3H3,(H,17,20). The van der Waals surface area contributed by atoms with Crippen LogP contribution in [0.4, 0.5) is 0 Å². The molecule has 118 valence electrons. The molecule has 0 saturated heterocycles. The first-order chi connectivity index (χ1) is 10.5. The van der Waals surface area contributed by atoms with E-state index >= 15 is 0 Å². The van der Waals surface area contributed by atoms with E-state index in [2.05, 4.69) is 53.6 Å². The van der Waals surface area contributed by atoms with Gasteiger partial charge in [0, 0.05) is 6.54 Å². The molecule has 2 aromatic rings. The highest BCUT2D eigenvalue weighted by atomic mass is 32.2. The Labute approximate surface area is 139 Å². The molecule has 0 aliphatic rings. The van der Waals surface area contributed by atoms with Gasteiger partial charge < -0.3 is 5.32 Å². The quantitative estimate of drug-likeness (QED) is 0.788. The molecule has 1 aromatic carbocycles. The van der Waals surface area contributed by atoms with Crippen LogP contribution in [0.2, 0.25) is 0 Å². The summed E-state index contributed by atoms with van der Waals surface area (Å²) < 4.78 is 0.844. The topological polar surface area (TPSA) is 54.9 Å². The van der Waals surface area contributed by atoms with E-state index in [4.69, 9.17) is 0 Å². The first kappa shape index (κ1) is 17.0. The molecule has 0 spiro atoms. The van der Waals surface area contributed by atoms with Gasteiger partial charge in [0.15, 0.2) is 4.34 Å². The summed E-state index contributed by atoms with van der Waals surface area (Å²) in [6, 6.07) is 8.60. The van der Waals surface area contributed by atoms with Crippen molar-refractivity contribution in [2.24, 2.45) is 0 Å². The number of rotatable bonds is 7. The van der Waals surface area contributed by atoms with E-state index < -0.39 is 0 Å². The summed E-state index contributed by atoms with van der Waals surface area (Å²) in [5.74, 6) is 0.979. The van der Waals surface area contributed by atoms with Gasteiger partial charge >= 0.3 is 0 Å². The molecule has 22 heavy (non-hydrogen) atoms. The molecule has 1 aromatic heterocycles. The predicted octanol–water partition coefficient (Wildman–Crippen LogP) is 3.42. The van der Waals surface area contributed by atoms with Gasteiger partial charge in [-0.15, -0.1) is 10.2 Å². The zero-order valence-corrected chi connectivity index (χ0v) is 14.8. The number of hydrogen-bond acceptors (Lipinski definition) is 5. The number of amides is 1. The van der Waals surface area contributed by atoms with Crippen molar-refractivity contribution in [3.63, 3.8) is 0 Å². The van der Waals surface area contributed by atoms with E-state index in [9.17, 15) is 4.79 Å². The number of carbonyl (C=O) groups is 1. The van der Waals surface area contributed by atoms with E-state index in [0.29, 0.717) is 18.2 Å². The van der Waals surface area contributed by atoms with Gasteiger partial charge in [-0.1, -0.05) is 61.2 Å². The highest BCUT2D eigenvalue weighted by Crippen LogP contribution is 2.21. The van der Waals surface area contributed by atoms with E-state index in [1.807, 2.05) is 6.92 Å². The SMILES string of the molecule is Cc1nnc(SCC(=O)NCCc2ccc(C(C)C)cc2)s1. The minimum atomic E-state index is 0.0386. The third kappa shape index (κ3) is 5.42. The van der Waals surface area contributed by atoms with Crippen molar-refractivity contribution in [1.82, 2.24) is 15.5 Å². The minimum Gasteiger partial charge on any atom is -0.355 e. The summed E-state index contributed by atoms with van der Waals surface area (Å²) in [5, 5.41) is 11.8. The molecule has 2 rings (SSSR count). The number of hydrogen-bond donors (Lipinski definition) is 1. The highest BCUT2D eigenvalue weighted by molar-refractivity contribution is 8.01. The average molecular weight is 335 g/mol. The van der Waals surface area contributed by atoms with Gasteiger partial charge in [0.2, 0.25) is 5.91 Å². The molecular formula is C16H21N3OS2. The Morgan fingerprint density at radius 3 is 2.59 bits per heavy atom. The molecule has 1 N–H and O–H groups in total. The molecule has 0 aliphatic heterocycles. The van der Waals surface area contributed by atoms with Crippen molar-refractivity contribution >= 4 is 29.0 Å². The third-order valence-electron chi connectivity index (χ3n) is 3.22. The lowest BCUT2D eigenvalue weighted by atomic mass is 10.0. The first-order valence-electron chi connectivity index (χ1n) is 7.33. The van der Waals surface area contributed by atoms with Crippen LogP contribution in [0.5, 0.6) is 0 Å². The second-order valence-corrected chi connectivity index (χ2v) is 7.78. The van der Waals surface area contributed by atoms with Gasteiger partial charge in [-0.3, -0.25) is 4.79 Å². The zero-order chi connectivity index (χ0) is 15.9. The largest absolute Gasteiger partial charge is 0.355 e. The van der Waals surface area contributed by atoms with Gasteiger partial charge in [-0.2, -0.15) is 0 Å². The smallest absolute Gasteiger partial charge is 0.230 e. The van der Waals surface area contributed by atoms with Gasteiger partial charge in [0.1, 0.15) is 5.01 Å². The molecule has 0 saturated carbocycles. The summed E-state index contributed by atoms with van der Waals surface area (Å²) >= 11 is 2.95. The minimum absolute atomic E-state index is 0.0386. The normalized spacial score (nSPS) is 10.9. The number of aromatic nitrogens is 2. The highest BCUT2D eigenvalue weighted by Gasteiger charge is 2.06. The van der Waals surface area contributed by atoms with Gasteiger partial charge in [-0.25, -0.2) is 0 Å². The second kappa shape index (κ2) is 8.29. The lowest BCUT2D eigenvalue weighted by Crippen LogP contribution is -2.27. The molecule has 1 heterocycles. The van der Waals surface area contributed by atoms with Crippen molar-refractivity contribution in [3.05, 3.63) is 40.4 Å². The molecule has 6 heteroatoms. The maximum Gasteiger partial charge on any atom is 0.230 e. The molecule has 0 radical (unpaired) electrons. The molecule has 1 amide bonds. The van der Waals surface area contributed by atoms with Crippen molar-refractivity contribution in [1.29, 1.82) is 0 Å². The zero-order valence-electron chi connectivity index (χ0n) is 13.1. The Morgan fingerprint density at radius 2 is 2.00 bits per heavy atom. The monoisotopic (exact) mass is 335 g/mol. The third-order valence-corrected chi connectivity index (χ3v) is 5.19. The Kier molecular flexibility index (Phi) is 6.39. The van der Waals surface area contributed by atoms with E-state index in [1.165, 1.54) is 34.2 Å². The Morgan fingerprint density at radius 1 is 1.27 bits per heavy atom. The summed E-state index contributed by atoms with van der Waals surface area (Å²) in [6.45, 7) is 6.95. The van der Waals surface area contributed by atoms with Crippen LogP contribution < -0.4 is 5.32 Å². The number of aryl methyl sites for hydroxylation is 1. The average Bonchev–Trinajstić information content (AvgIpc) is 2.91. The van der Waals surface area contributed by atoms with Crippen molar-refractivity contribution in [3.8, 4) is 0 Å². The number of thioether (sulfide) groups is 1. The van der Waals surface area contributed by atoms with Gasteiger partial charge in [-0.05, 0) is 30.4 Å². The lowest BCUT2D eigenvalue weighted by molar-refractivity contribution is -0.118. The summed E-state index contributed by atoms with van der Waals surface area (Å²) in [5.41, 5.74) is 2.59. The predicted molar refractivity (Wildman–Crippen MR) is 92.6 cm³/mol. The van der Waals surface area contributed by atoms with Gasteiger partial charge in [0.05, 0.1) is 5.75 Å². The summed E-state index contributed by atoms with van der Waals surface area (Å²) in [4.78, 5) is 11.8. The van der Waals surface area contributed by atoms with E-state index in [1.54, 1.807) is 0 Å². The first-order valence-corrected chi connectivity index (χ1v) is 9.13. The van der Waals surface area contributed by atoms with Crippen LogP contribution in [0, 0.1) is 6.92 Å². The number of nitrogens with one attached hydrogen (secondary N) is 1. The maximum atomic E-state index is 11.8. The second-order valence-electron chi connectivity index (χ2n) is 5.37. The van der Waals surface area contributed by atoms with E-state index in [-0.39, 0.29) is 5.91 Å². The fourth-order valence-electron chi connectivity index (χ4n) is 1.93. The lowest BCUT2D eigenvalue weighted by Gasteiger charge is -2.07. The molecular weight excluding hydrogens is 314 g/mol. The van der Waals surface area contributed by atoms with E-state index in [0.717, 1.165) is 15.8 Å². The van der Waals surface area contributed by atoms with Crippen LogP contribution in [0.1, 0.15) is 35.9 Å². The van der Waals surface area contributed by atoms with Crippen LogP contribution in [-0.2, 0) is 11.2 Å². The van der Waals surface area contributed by atoms with Crippen LogP contribution in [0.15, 0.2) is 28.6 Å². The Bertz CT molecular complexity index is 608. The van der Waals surface area contributed by atoms with Crippen molar-refractivity contribution < 1.29 is 4.79 Å². The number of carbonyl (C=O) groups excluding carboxylic acids is 1. The van der Waals surface area contributed by atoms with Crippen LogP contribution in [-0.4, -0.2) is 28.4 Å². The maximum absolute atomic E-state index is 11.8. The van der Waals surface area contributed by atoms with Crippen LogP contribution in [0.3, 0.4) is 0 Å². The summed E-state index contributed by atoms with van der Waals surface area (Å²) in [6.07, 6.45) is 0.854. The Hall–Kier alpha value is -1.40. The molecule has 0 atom stereocenters. The summed E-state index contributed by atoms with van der Waals surface area (Å²) in [7, 11) is 0. The van der Waals surface area contributed by atoms with Gasteiger partial charge in [0.25, 0.3) is 0 Å². The molecule has 4 nitrogen and oxygen atoms in total. The van der Waals surface area contributed by atoms with Crippen LogP contribution >= 0.6 is 23.1 Å². The van der Waals surface area contributed by atoms with Crippen molar-refractivity contribution in [2.75, 3.05) is 12.3 Å². The molecule has 0 aliphatic carbocycles. The number of nitrogens with zero attached hydrogens (tertiary/aromatic N) is 2. The van der Waals surface area contributed by atoms with Crippen LogP contribution in [0.25, 0.3) is 0 Å². The fraction of sp³-hybridized carbons (Fsp3) is 0.438. The fourth-order valence-corrected chi connectivity index (χ4v) is 3.58. The molecule has 0 fully saturated rings.